The van der Waals surface area contributed by atoms with Gasteiger partial charge in [0.25, 0.3) is 0 Å². The molecule has 0 aromatic carbocycles. The third-order valence-electron chi connectivity index (χ3n) is 3.69. The van der Waals surface area contributed by atoms with Gasteiger partial charge in [0.1, 0.15) is 5.76 Å². The number of rotatable bonds is 8. The topological polar surface area (TPSA) is 75.3 Å². The minimum absolute atomic E-state index is 0. The number of aryl methyl sites for hydroxylation is 3. The van der Waals surface area contributed by atoms with Crippen molar-refractivity contribution in [3.63, 3.8) is 0 Å². The fourth-order valence-electron chi connectivity index (χ4n) is 2.45. The first-order valence-electron chi connectivity index (χ1n) is 8.57. The highest BCUT2D eigenvalue weighted by Gasteiger charge is 2.13. The Morgan fingerprint density at radius 1 is 1.24 bits per heavy atom. The first kappa shape index (κ1) is 21.9. The molecule has 0 aliphatic carbocycles. The minimum atomic E-state index is 0. The minimum Gasteiger partial charge on any atom is -0.361 e. The zero-order chi connectivity index (χ0) is 17.4. The maximum atomic E-state index is 5.40. The van der Waals surface area contributed by atoms with Crippen LogP contribution in [0.2, 0.25) is 0 Å². The van der Waals surface area contributed by atoms with Crippen LogP contribution < -0.4 is 10.6 Å². The molecule has 140 valence electrons. The molecular weight excluding hydrogens is 449 g/mol. The zero-order valence-corrected chi connectivity index (χ0v) is 18.5. The quantitative estimate of drug-likeness (QED) is 0.346. The molecule has 2 N–H and O–H groups in total. The molecule has 8 heteroatoms. The van der Waals surface area contributed by atoms with Gasteiger partial charge in [0, 0.05) is 36.9 Å². The Hall–Kier alpha value is -1.16. The van der Waals surface area contributed by atoms with Gasteiger partial charge >= 0.3 is 0 Å². The van der Waals surface area contributed by atoms with Gasteiger partial charge in [0.05, 0.1) is 22.9 Å². The molecule has 0 unspecified atom stereocenters. The summed E-state index contributed by atoms with van der Waals surface area (Å²) in [5.41, 5.74) is 3.25. The van der Waals surface area contributed by atoms with Gasteiger partial charge in [-0.05, 0) is 20.3 Å². The number of hydrogen-bond acceptors (Lipinski definition) is 5. The van der Waals surface area contributed by atoms with E-state index in [-0.39, 0.29) is 24.0 Å². The van der Waals surface area contributed by atoms with Crippen LogP contribution in [0.15, 0.2) is 14.9 Å². The predicted octanol–water partition coefficient (Wildman–Crippen LogP) is 3.48. The van der Waals surface area contributed by atoms with Gasteiger partial charge in [-0.3, -0.25) is 0 Å². The first-order valence-corrected chi connectivity index (χ1v) is 9.45. The molecule has 0 amide bonds. The average Bonchev–Trinajstić information content (AvgIpc) is 3.17. The lowest BCUT2D eigenvalue weighted by Gasteiger charge is -2.10. The van der Waals surface area contributed by atoms with Crippen molar-refractivity contribution in [2.24, 2.45) is 4.99 Å². The molecule has 2 heterocycles. The number of thiazole rings is 1. The van der Waals surface area contributed by atoms with Crippen LogP contribution in [-0.2, 0) is 25.8 Å². The van der Waals surface area contributed by atoms with E-state index in [1.165, 1.54) is 0 Å². The van der Waals surface area contributed by atoms with Gasteiger partial charge in [-0.25, -0.2) is 9.98 Å². The van der Waals surface area contributed by atoms with Gasteiger partial charge < -0.3 is 15.2 Å². The van der Waals surface area contributed by atoms with Crippen molar-refractivity contribution in [1.29, 1.82) is 0 Å². The molecule has 0 aliphatic heterocycles. The van der Waals surface area contributed by atoms with E-state index in [1.807, 2.05) is 6.92 Å². The molecule has 25 heavy (non-hydrogen) atoms. The lowest BCUT2D eigenvalue weighted by atomic mass is 10.1. The second-order valence-electron chi connectivity index (χ2n) is 5.47. The molecule has 0 bridgehead atoms. The van der Waals surface area contributed by atoms with Crippen molar-refractivity contribution in [2.75, 3.05) is 13.1 Å². The summed E-state index contributed by atoms with van der Waals surface area (Å²) < 4.78 is 5.40. The summed E-state index contributed by atoms with van der Waals surface area (Å²) in [5.74, 6) is 1.75. The van der Waals surface area contributed by atoms with Crippen LogP contribution in [-0.4, -0.2) is 29.2 Å². The first-order chi connectivity index (χ1) is 11.7. The van der Waals surface area contributed by atoms with E-state index in [0.717, 1.165) is 66.0 Å². The van der Waals surface area contributed by atoms with Gasteiger partial charge in [0.15, 0.2) is 5.96 Å². The van der Waals surface area contributed by atoms with Crippen molar-refractivity contribution >= 4 is 41.3 Å². The van der Waals surface area contributed by atoms with E-state index in [0.29, 0.717) is 6.54 Å². The largest absolute Gasteiger partial charge is 0.361 e. The number of hydrogen-bond donors (Lipinski definition) is 2. The molecule has 0 saturated carbocycles. The maximum absolute atomic E-state index is 5.40. The van der Waals surface area contributed by atoms with Crippen molar-refractivity contribution in [3.05, 3.63) is 33.1 Å². The summed E-state index contributed by atoms with van der Waals surface area (Å²) in [6.07, 6.45) is 2.59. The Balaban J connectivity index is 0.00000312. The lowest BCUT2D eigenvalue weighted by Crippen LogP contribution is -2.38. The zero-order valence-electron chi connectivity index (χ0n) is 15.4. The van der Waals surface area contributed by atoms with Crippen molar-refractivity contribution < 1.29 is 4.52 Å². The fraction of sp³-hybridized carbons (Fsp3) is 0.588. The molecule has 2 rings (SSSR count). The molecule has 0 fully saturated rings. The Labute approximate surface area is 170 Å². The van der Waals surface area contributed by atoms with E-state index >= 15 is 0 Å². The third-order valence-corrected chi connectivity index (χ3v) is 4.51. The molecule has 0 spiro atoms. The van der Waals surface area contributed by atoms with Crippen molar-refractivity contribution in [2.45, 2.75) is 53.5 Å². The Kier molecular flexibility index (Phi) is 10.0. The van der Waals surface area contributed by atoms with E-state index in [4.69, 9.17) is 4.52 Å². The summed E-state index contributed by atoms with van der Waals surface area (Å²) in [7, 11) is 0. The Morgan fingerprint density at radius 2 is 2.04 bits per heavy atom. The van der Waals surface area contributed by atoms with Crippen molar-refractivity contribution in [3.8, 4) is 0 Å². The van der Waals surface area contributed by atoms with Crippen LogP contribution >= 0.6 is 35.3 Å². The van der Waals surface area contributed by atoms with Gasteiger partial charge in [-0.2, -0.15) is 0 Å². The molecule has 6 nitrogen and oxygen atoms in total. The summed E-state index contributed by atoms with van der Waals surface area (Å²) in [6, 6.07) is 0. The molecule has 0 aliphatic rings. The summed E-state index contributed by atoms with van der Waals surface area (Å²) >= 11 is 1.69. The Bertz CT molecular complexity index is 646. The highest BCUT2D eigenvalue weighted by Crippen LogP contribution is 2.16. The number of nitrogens with one attached hydrogen (secondary N) is 2. The predicted molar refractivity (Wildman–Crippen MR) is 114 cm³/mol. The molecule has 0 atom stereocenters. The number of aromatic nitrogens is 2. The average molecular weight is 477 g/mol. The van der Waals surface area contributed by atoms with Crippen LogP contribution in [0.5, 0.6) is 0 Å². The fourth-order valence-corrected chi connectivity index (χ4v) is 3.10. The Morgan fingerprint density at radius 3 is 2.64 bits per heavy atom. The van der Waals surface area contributed by atoms with E-state index in [2.05, 4.69) is 51.9 Å². The van der Waals surface area contributed by atoms with Crippen LogP contribution in [0.1, 0.15) is 48.5 Å². The van der Waals surface area contributed by atoms with Crippen molar-refractivity contribution in [1.82, 2.24) is 20.8 Å². The normalized spacial score (nSPS) is 11.3. The molecular formula is C17H28IN5OS. The number of halogens is 1. The number of guanidine groups is 1. The second kappa shape index (κ2) is 11.5. The third kappa shape index (κ3) is 6.58. The van der Waals surface area contributed by atoms with Crippen LogP contribution in [0, 0.1) is 6.92 Å². The highest BCUT2D eigenvalue weighted by atomic mass is 127. The molecule has 0 radical (unpaired) electrons. The summed E-state index contributed by atoms with van der Waals surface area (Å²) in [6.45, 7) is 10.5. The van der Waals surface area contributed by atoms with Crippen LogP contribution in [0.4, 0.5) is 0 Å². The molecule has 2 aromatic heterocycles. The smallest absolute Gasteiger partial charge is 0.191 e. The molecule has 0 saturated heterocycles. The monoisotopic (exact) mass is 477 g/mol. The maximum Gasteiger partial charge on any atom is 0.191 e. The molecule has 2 aromatic rings. The van der Waals surface area contributed by atoms with Gasteiger partial charge in [-0.15, -0.1) is 35.3 Å². The van der Waals surface area contributed by atoms with Crippen LogP contribution in [0.3, 0.4) is 0 Å². The standard InChI is InChI=1S/C17H27N5OS.HI/c1-5-15-14(16(6-2)23-22-15)10-20-17(18-7-3)19-9-8-13-11-24-12(4)21-13;/h11H,5-10H2,1-4H3,(H2,18,19,20);1H. The second-order valence-corrected chi connectivity index (χ2v) is 6.53. The van der Waals surface area contributed by atoms with Crippen LogP contribution in [0.25, 0.3) is 0 Å². The highest BCUT2D eigenvalue weighted by molar-refractivity contribution is 14.0. The number of aliphatic imine (C=N–C) groups is 1. The van der Waals surface area contributed by atoms with E-state index in [9.17, 15) is 0 Å². The van der Waals surface area contributed by atoms with Gasteiger partial charge in [0.2, 0.25) is 0 Å². The van der Waals surface area contributed by atoms with E-state index in [1.54, 1.807) is 11.3 Å². The van der Waals surface area contributed by atoms with E-state index < -0.39 is 0 Å². The summed E-state index contributed by atoms with van der Waals surface area (Å²) in [5, 5.41) is 14.0. The number of nitrogens with zero attached hydrogens (tertiary/aromatic N) is 3. The SMILES string of the molecule is CCNC(=NCc1c(CC)noc1CC)NCCc1csc(C)n1.I. The lowest BCUT2D eigenvalue weighted by molar-refractivity contribution is 0.380. The van der Waals surface area contributed by atoms with Gasteiger partial charge in [-0.1, -0.05) is 19.0 Å². The summed E-state index contributed by atoms with van der Waals surface area (Å²) in [4.78, 5) is 9.17.